The fourth-order valence-electron chi connectivity index (χ4n) is 7.39. The number of rotatable bonds is 2. The monoisotopic (exact) mass is 561 g/mol. The van der Waals surface area contributed by atoms with Gasteiger partial charge in [0.25, 0.3) is 0 Å². The Kier molecular flexibility index (Phi) is 4.66. The van der Waals surface area contributed by atoms with Gasteiger partial charge in [-0.2, -0.15) is 0 Å². The quantitative estimate of drug-likeness (QED) is 0.151. The summed E-state index contributed by atoms with van der Waals surface area (Å²) in [7, 11) is 0. The van der Waals surface area contributed by atoms with E-state index in [2.05, 4.69) is 127 Å². The van der Waals surface area contributed by atoms with E-state index >= 15 is 0 Å². The van der Waals surface area contributed by atoms with Crippen LogP contribution in [-0.2, 0) is 0 Å². The van der Waals surface area contributed by atoms with Crippen molar-refractivity contribution in [2.45, 2.75) is 0 Å². The van der Waals surface area contributed by atoms with Gasteiger partial charge >= 0.3 is 0 Å². The highest BCUT2D eigenvalue weighted by molar-refractivity contribution is 7.26. The number of nitrogens with zero attached hydrogens (tertiary/aromatic N) is 1. The van der Waals surface area contributed by atoms with Crippen LogP contribution >= 0.6 is 11.3 Å². The van der Waals surface area contributed by atoms with E-state index < -0.39 is 0 Å². The van der Waals surface area contributed by atoms with Crippen LogP contribution in [0.1, 0.15) is 0 Å². The Morgan fingerprint density at radius 1 is 0.395 bits per heavy atom. The molecular formula is C41H23NS. The highest BCUT2D eigenvalue weighted by Gasteiger charge is 2.19. The largest absolute Gasteiger partial charge is 0.256 e. The predicted octanol–water partition coefficient (Wildman–Crippen LogP) is 12.0. The van der Waals surface area contributed by atoms with Crippen molar-refractivity contribution in [3.05, 3.63) is 140 Å². The van der Waals surface area contributed by atoms with Gasteiger partial charge < -0.3 is 0 Å². The van der Waals surface area contributed by atoms with Crippen molar-refractivity contribution in [3.63, 3.8) is 0 Å². The minimum Gasteiger partial charge on any atom is -0.256 e. The van der Waals surface area contributed by atoms with Gasteiger partial charge in [0.15, 0.2) is 0 Å². The van der Waals surface area contributed by atoms with E-state index in [1.54, 1.807) is 0 Å². The van der Waals surface area contributed by atoms with E-state index in [1.807, 2.05) is 23.6 Å². The highest BCUT2D eigenvalue weighted by Crippen LogP contribution is 2.47. The summed E-state index contributed by atoms with van der Waals surface area (Å²) in [5.74, 6) is 0. The molecule has 0 saturated heterocycles. The number of hydrogen-bond acceptors (Lipinski definition) is 2. The van der Waals surface area contributed by atoms with Gasteiger partial charge in [0.05, 0.1) is 5.69 Å². The molecule has 43 heavy (non-hydrogen) atoms. The first-order chi connectivity index (χ1) is 21.3. The molecule has 0 fully saturated rings. The highest BCUT2D eigenvalue weighted by atomic mass is 32.1. The zero-order valence-corrected chi connectivity index (χ0v) is 24.0. The summed E-state index contributed by atoms with van der Waals surface area (Å²) >= 11 is 1.89. The van der Waals surface area contributed by atoms with E-state index in [9.17, 15) is 0 Å². The average Bonchev–Trinajstić information content (AvgIpc) is 3.47. The van der Waals surface area contributed by atoms with Crippen LogP contribution in [0.25, 0.3) is 96.4 Å². The molecule has 0 unspecified atom stereocenters. The van der Waals surface area contributed by atoms with Crippen LogP contribution in [-0.4, -0.2) is 4.98 Å². The molecule has 0 aliphatic heterocycles. The Balaban J connectivity index is 1.37. The molecule has 0 aliphatic rings. The minimum absolute atomic E-state index is 0.998. The average molecular weight is 562 g/mol. The van der Waals surface area contributed by atoms with Gasteiger partial charge in [0.1, 0.15) is 0 Å². The van der Waals surface area contributed by atoms with E-state index in [4.69, 9.17) is 4.98 Å². The molecule has 0 radical (unpaired) electrons. The van der Waals surface area contributed by atoms with E-state index in [0.717, 1.165) is 11.3 Å². The predicted molar refractivity (Wildman–Crippen MR) is 187 cm³/mol. The van der Waals surface area contributed by atoms with Crippen LogP contribution in [0.5, 0.6) is 0 Å². The number of thiophene rings is 1. The van der Waals surface area contributed by atoms with E-state index in [0.29, 0.717) is 0 Å². The van der Waals surface area contributed by atoms with E-state index in [1.165, 1.54) is 85.2 Å². The van der Waals surface area contributed by atoms with Crippen LogP contribution in [0.4, 0.5) is 0 Å². The molecule has 0 N–H and O–H groups in total. The summed E-state index contributed by atoms with van der Waals surface area (Å²) in [6, 6.07) is 49.2. The van der Waals surface area contributed by atoms with Crippen molar-refractivity contribution in [1.82, 2.24) is 4.98 Å². The number of fused-ring (bicyclic) bond motifs is 9. The van der Waals surface area contributed by atoms with Crippen molar-refractivity contribution in [2.24, 2.45) is 0 Å². The van der Waals surface area contributed by atoms with Crippen molar-refractivity contribution in [2.75, 3.05) is 0 Å². The minimum atomic E-state index is 0.998. The Labute approximate surface area is 251 Å². The van der Waals surface area contributed by atoms with Crippen molar-refractivity contribution in [1.29, 1.82) is 0 Å². The summed E-state index contributed by atoms with van der Waals surface area (Å²) in [4.78, 5) is 4.75. The Morgan fingerprint density at radius 3 is 1.81 bits per heavy atom. The van der Waals surface area contributed by atoms with Crippen LogP contribution in [0, 0.1) is 0 Å². The smallest absolute Gasteiger partial charge is 0.0702 e. The number of aromatic nitrogens is 1. The SMILES string of the molecule is c1ccc(-c2cc3c4ccccc4c4cccc5c6cc(-c7cccc8c7sc7ccccc78)ccc6c(c2)c3c45)nc1. The summed E-state index contributed by atoms with van der Waals surface area (Å²) < 4.78 is 2.69. The third-order valence-electron chi connectivity index (χ3n) is 9.24. The lowest BCUT2D eigenvalue weighted by Gasteiger charge is -2.19. The van der Waals surface area contributed by atoms with Gasteiger partial charge in [-0.3, -0.25) is 4.98 Å². The molecule has 0 amide bonds. The van der Waals surface area contributed by atoms with Crippen molar-refractivity contribution >= 4 is 85.4 Å². The lowest BCUT2D eigenvalue weighted by atomic mass is 9.84. The maximum atomic E-state index is 4.75. The van der Waals surface area contributed by atoms with Gasteiger partial charge in [-0.25, -0.2) is 0 Å². The van der Waals surface area contributed by atoms with Crippen molar-refractivity contribution in [3.8, 4) is 22.4 Å². The van der Waals surface area contributed by atoms with Crippen LogP contribution in [0.15, 0.2) is 140 Å². The summed E-state index contributed by atoms with van der Waals surface area (Å²) in [5, 5.41) is 15.7. The second-order valence-corrected chi connectivity index (χ2v) is 12.5. The molecule has 0 spiro atoms. The number of benzene rings is 8. The van der Waals surface area contributed by atoms with Gasteiger partial charge in [0, 0.05) is 31.9 Å². The van der Waals surface area contributed by atoms with Crippen LogP contribution in [0.2, 0.25) is 0 Å². The number of pyridine rings is 1. The topological polar surface area (TPSA) is 12.9 Å². The molecule has 0 saturated carbocycles. The normalized spacial score (nSPS) is 12.2. The summed E-state index contributed by atoms with van der Waals surface area (Å²) in [6.07, 6.45) is 1.89. The third-order valence-corrected chi connectivity index (χ3v) is 10.5. The van der Waals surface area contributed by atoms with Gasteiger partial charge in [-0.1, -0.05) is 97.1 Å². The molecule has 2 heteroatoms. The summed E-state index contributed by atoms with van der Waals surface area (Å²) in [5.41, 5.74) is 4.70. The van der Waals surface area contributed by atoms with Crippen molar-refractivity contribution < 1.29 is 0 Å². The Hall–Kier alpha value is -5.31. The maximum Gasteiger partial charge on any atom is 0.0702 e. The molecule has 10 rings (SSSR count). The Bertz CT molecular complexity index is 2720. The molecule has 1 nitrogen and oxygen atoms in total. The van der Waals surface area contributed by atoms with Gasteiger partial charge in [0.2, 0.25) is 0 Å². The lowest BCUT2D eigenvalue weighted by Crippen LogP contribution is -1.92. The fraction of sp³-hybridized carbons (Fsp3) is 0. The molecule has 0 bridgehead atoms. The standard InChI is InChI=1S/C41H23NS/c1-2-10-28-27(9-1)31-13-8-14-32-34-21-24(26-12-7-15-33-30-11-3-4-17-38(30)43-41(26)33)18-19-29(34)36-23-25(37-16-5-6-20-42-37)22-35(28)40(36)39(31)32/h1-23H. The van der Waals surface area contributed by atoms with Gasteiger partial charge in [-0.05, 0) is 101 Å². The molecule has 2 aromatic heterocycles. The number of hydrogen-bond donors (Lipinski definition) is 0. The first-order valence-electron chi connectivity index (χ1n) is 14.7. The summed E-state index contributed by atoms with van der Waals surface area (Å²) in [6.45, 7) is 0. The van der Waals surface area contributed by atoms with Crippen LogP contribution in [0.3, 0.4) is 0 Å². The molecule has 10 aromatic rings. The second kappa shape index (κ2) is 8.61. The first-order valence-corrected chi connectivity index (χ1v) is 15.5. The second-order valence-electron chi connectivity index (χ2n) is 11.5. The first kappa shape index (κ1) is 23.3. The molecule has 198 valence electrons. The zero-order valence-electron chi connectivity index (χ0n) is 23.1. The molecular weight excluding hydrogens is 539 g/mol. The Morgan fingerprint density at radius 2 is 1.00 bits per heavy atom. The maximum absolute atomic E-state index is 4.75. The van der Waals surface area contributed by atoms with Crippen LogP contribution < -0.4 is 0 Å². The lowest BCUT2D eigenvalue weighted by molar-refractivity contribution is 1.33. The third kappa shape index (κ3) is 3.19. The molecule has 8 aromatic carbocycles. The molecule has 0 atom stereocenters. The molecule has 0 aliphatic carbocycles. The molecule has 2 heterocycles. The van der Waals surface area contributed by atoms with Gasteiger partial charge in [-0.15, -0.1) is 11.3 Å². The fourth-order valence-corrected chi connectivity index (χ4v) is 8.62. The van der Waals surface area contributed by atoms with E-state index in [-0.39, 0.29) is 0 Å². The zero-order chi connectivity index (χ0) is 28.1.